The first-order valence-electron chi connectivity index (χ1n) is 6.15. The van der Waals surface area contributed by atoms with Crippen LogP contribution in [0.25, 0.3) is 23.5 Å². The SMILES string of the molecule is Clc1ccccc1-c1noc(/C=C/c2ccccc2)n1. The van der Waals surface area contributed by atoms with Crippen molar-refractivity contribution in [2.45, 2.75) is 0 Å². The number of rotatable bonds is 3. The van der Waals surface area contributed by atoms with Crippen LogP contribution in [-0.2, 0) is 0 Å². The molecule has 1 heterocycles. The molecular formula is C16H11ClN2O. The summed E-state index contributed by atoms with van der Waals surface area (Å²) in [6.07, 6.45) is 3.70. The van der Waals surface area contributed by atoms with E-state index in [4.69, 9.17) is 16.1 Å². The number of benzene rings is 2. The van der Waals surface area contributed by atoms with Gasteiger partial charge in [0.25, 0.3) is 5.89 Å². The molecule has 0 amide bonds. The molecule has 3 rings (SSSR count). The zero-order valence-corrected chi connectivity index (χ0v) is 11.3. The fourth-order valence-electron chi connectivity index (χ4n) is 1.79. The number of hydrogen-bond acceptors (Lipinski definition) is 3. The molecule has 3 aromatic rings. The van der Waals surface area contributed by atoms with Crippen molar-refractivity contribution < 1.29 is 4.52 Å². The first kappa shape index (κ1) is 12.6. The van der Waals surface area contributed by atoms with Crippen molar-refractivity contribution in [1.82, 2.24) is 10.1 Å². The van der Waals surface area contributed by atoms with E-state index in [1.54, 1.807) is 12.1 Å². The standard InChI is InChI=1S/C16H11ClN2O/c17-14-9-5-4-8-13(14)16-18-15(20-19-16)11-10-12-6-2-1-3-7-12/h1-11H/b11-10+. The van der Waals surface area contributed by atoms with Gasteiger partial charge in [-0.2, -0.15) is 4.98 Å². The highest BCUT2D eigenvalue weighted by Gasteiger charge is 2.09. The quantitative estimate of drug-likeness (QED) is 0.707. The molecule has 0 atom stereocenters. The monoisotopic (exact) mass is 282 g/mol. The van der Waals surface area contributed by atoms with Gasteiger partial charge in [-0.15, -0.1) is 0 Å². The topological polar surface area (TPSA) is 38.9 Å². The Labute approximate surface area is 121 Å². The van der Waals surface area contributed by atoms with Gasteiger partial charge in [0.15, 0.2) is 0 Å². The lowest BCUT2D eigenvalue weighted by molar-refractivity contribution is 0.411. The highest BCUT2D eigenvalue weighted by Crippen LogP contribution is 2.25. The third-order valence-corrected chi connectivity index (χ3v) is 3.10. The minimum Gasteiger partial charge on any atom is -0.334 e. The minimum atomic E-state index is 0.448. The smallest absolute Gasteiger partial charge is 0.250 e. The lowest BCUT2D eigenvalue weighted by atomic mass is 10.2. The van der Waals surface area contributed by atoms with Crippen LogP contribution in [0.1, 0.15) is 11.5 Å². The average molecular weight is 283 g/mol. The molecule has 0 aliphatic heterocycles. The molecule has 0 aliphatic rings. The molecule has 3 nitrogen and oxygen atoms in total. The Hall–Kier alpha value is -2.39. The second-order valence-electron chi connectivity index (χ2n) is 4.18. The molecule has 4 heteroatoms. The van der Waals surface area contributed by atoms with Gasteiger partial charge in [0.1, 0.15) is 0 Å². The van der Waals surface area contributed by atoms with Crippen LogP contribution in [0, 0.1) is 0 Å². The average Bonchev–Trinajstić information content (AvgIpc) is 2.95. The Kier molecular flexibility index (Phi) is 3.61. The summed E-state index contributed by atoms with van der Waals surface area (Å²) >= 11 is 6.10. The number of aromatic nitrogens is 2. The van der Waals surface area contributed by atoms with Crippen molar-refractivity contribution in [3.05, 3.63) is 71.1 Å². The summed E-state index contributed by atoms with van der Waals surface area (Å²) in [6, 6.07) is 17.3. The summed E-state index contributed by atoms with van der Waals surface area (Å²) in [4.78, 5) is 4.31. The molecule has 0 saturated carbocycles. The van der Waals surface area contributed by atoms with Gasteiger partial charge in [-0.1, -0.05) is 59.2 Å². The van der Waals surface area contributed by atoms with Gasteiger partial charge in [0.05, 0.1) is 5.02 Å². The summed E-state index contributed by atoms with van der Waals surface area (Å²) in [5, 5.41) is 4.54. The molecule has 0 N–H and O–H groups in total. The molecule has 0 saturated heterocycles. The fraction of sp³-hybridized carbons (Fsp3) is 0. The summed E-state index contributed by atoms with van der Waals surface area (Å²) in [5.41, 5.74) is 1.84. The largest absolute Gasteiger partial charge is 0.334 e. The van der Waals surface area contributed by atoms with Gasteiger partial charge in [0.2, 0.25) is 5.82 Å². The number of hydrogen-bond donors (Lipinski definition) is 0. The van der Waals surface area contributed by atoms with Gasteiger partial charge in [0, 0.05) is 11.6 Å². The normalized spacial score (nSPS) is 11.1. The van der Waals surface area contributed by atoms with E-state index in [1.807, 2.05) is 54.6 Å². The van der Waals surface area contributed by atoms with Crippen molar-refractivity contribution >= 4 is 23.8 Å². The zero-order valence-electron chi connectivity index (χ0n) is 10.5. The minimum absolute atomic E-state index is 0.448. The molecule has 0 unspecified atom stereocenters. The lowest BCUT2D eigenvalue weighted by Crippen LogP contribution is -1.81. The van der Waals surface area contributed by atoms with E-state index >= 15 is 0 Å². The summed E-state index contributed by atoms with van der Waals surface area (Å²) < 4.78 is 5.19. The Bertz CT molecular complexity index is 735. The van der Waals surface area contributed by atoms with E-state index in [1.165, 1.54) is 0 Å². The van der Waals surface area contributed by atoms with Crippen LogP contribution in [0.3, 0.4) is 0 Å². The Morgan fingerprint density at radius 2 is 1.65 bits per heavy atom. The second kappa shape index (κ2) is 5.72. The van der Waals surface area contributed by atoms with Crippen molar-refractivity contribution in [2.75, 3.05) is 0 Å². The van der Waals surface area contributed by atoms with Crippen LogP contribution in [0.5, 0.6) is 0 Å². The highest BCUT2D eigenvalue weighted by atomic mass is 35.5. The van der Waals surface area contributed by atoms with Gasteiger partial charge < -0.3 is 4.52 Å². The molecule has 20 heavy (non-hydrogen) atoms. The molecule has 0 bridgehead atoms. The summed E-state index contributed by atoms with van der Waals surface area (Å²) in [7, 11) is 0. The van der Waals surface area contributed by atoms with Crippen LogP contribution in [-0.4, -0.2) is 10.1 Å². The van der Waals surface area contributed by atoms with Gasteiger partial charge in [-0.3, -0.25) is 0 Å². The van der Waals surface area contributed by atoms with E-state index in [9.17, 15) is 0 Å². The zero-order chi connectivity index (χ0) is 13.8. The van der Waals surface area contributed by atoms with Crippen LogP contribution < -0.4 is 0 Å². The lowest BCUT2D eigenvalue weighted by Gasteiger charge is -1.95. The molecular weight excluding hydrogens is 272 g/mol. The second-order valence-corrected chi connectivity index (χ2v) is 4.59. The Balaban J connectivity index is 1.85. The molecule has 0 radical (unpaired) electrons. The number of halogens is 1. The van der Waals surface area contributed by atoms with Crippen LogP contribution in [0.15, 0.2) is 59.1 Å². The van der Waals surface area contributed by atoms with Crippen molar-refractivity contribution in [3.63, 3.8) is 0 Å². The van der Waals surface area contributed by atoms with E-state index in [0.717, 1.165) is 11.1 Å². The first-order valence-corrected chi connectivity index (χ1v) is 6.52. The van der Waals surface area contributed by atoms with E-state index in [2.05, 4.69) is 10.1 Å². The van der Waals surface area contributed by atoms with Gasteiger partial charge in [-0.25, -0.2) is 0 Å². The number of nitrogens with zero attached hydrogens (tertiary/aromatic N) is 2. The molecule has 98 valence electrons. The predicted molar refractivity (Wildman–Crippen MR) is 80.1 cm³/mol. The molecule has 2 aromatic carbocycles. The summed E-state index contributed by atoms with van der Waals surface area (Å²) in [6.45, 7) is 0. The molecule has 0 aliphatic carbocycles. The van der Waals surface area contributed by atoms with Crippen LogP contribution in [0.4, 0.5) is 0 Å². The Morgan fingerprint density at radius 3 is 2.45 bits per heavy atom. The molecule has 1 aromatic heterocycles. The van der Waals surface area contributed by atoms with E-state index < -0.39 is 0 Å². The summed E-state index contributed by atoms with van der Waals surface area (Å²) in [5.74, 6) is 0.937. The maximum absolute atomic E-state index is 6.10. The maximum Gasteiger partial charge on any atom is 0.250 e. The van der Waals surface area contributed by atoms with Gasteiger partial charge >= 0.3 is 0 Å². The third kappa shape index (κ3) is 2.78. The van der Waals surface area contributed by atoms with Crippen molar-refractivity contribution in [2.24, 2.45) is 0 Å². The highest BCUT2D eigenvalue weighted by molar-refractivity contribution is 6.33. The fourth-order valence-corrected chi connectivity index (χ4v) is 2.01. The van der Waals surface area contributed by atoms with E-state index in [-0.39, 0.29) is 0 Å². The maximum atomic E-state index is 6.10. The van der Waals surface area contributed by atoms with Crippen molar-refractivity contribution in [1.29, 1.82) is 0 Å². The van der Waals surface area contributed by atoms with Crippen LogP contribution in [0.2, 0.25) is 5.02 Å². The molecule has 0 fully saturated rings. The van der Waals surface area contributed by atoms with Crippen molar-refractivity contribution in [3.8, 4) is 11.4 Å². The van der Waals surface area contributed by atoms with Crippen LogP contribution >= 0.6 is 11.6 Å². The first-order chi connectivity index (χ1) is 9.83. The Morgan fingerprint density at radius 1 is 0.900 bits per heavy atom. The third-order valence-electron chi connectivity index (χ3n) is 2.77. The predicted octanol–water partition coefficient (Wildman–Crippen LogP) is 4.56. The molecule has 0 spiro atoms. The van der Waals surface area contributed by atoms with Gasteiger partial charge in [-0.05, 0) is 23.8 Å². The van der Waals surface area contributed by atoms with E-state index in [0.29, 0.717) is 16.7 Å².